The van der Waals surface area contributed by atoms with E-state index in [1.807, 2.05) is 19.1 Å². The first-order chi connectivity index (χ1) is 8.58. The highest BCUT2D eigenvalue weighted by Gasteiger charge is 2.26. The van der Waals surface area contributed by atoms with Crippen molar-refractivity contribution in [2.24, 2.45) is 5.73 Å². The zero-order chi connectivity index (χ0) is 13.1. The zero-order valence-corrected chi connectivity index (χ0v) is 10.3. The fraction of sp³-hybridized carbons (Fsp3) is 0.385. The van der Waals surface area contributed by atoms with E-state index < -0.39 is 11.9 Å². The van der Waals surface area contributed by atoms with Crippen LogP contribution < -0.4 is 11.1 Å². The van der Waals surface area contributed by atoms with Gasteiger partial charge in [-0.25, -0.2) is 0 Å². The van der Waals surface area contributed by atoms with E-state index in [1.165, 1.54) is 0 Å². The Morgan fingerprint density at radius 1 is 1.33 bits per heavy atom. The molecule has 1 aromatic carbocycles. The van der Waals surface area contributed by atoms with Crippen molar-refractivity contribution < 1.29 is 9.59 Å². The van der Waals surface area contributed by atoms with Crippen LogP contribution in [0.1, 0.15) is 15.9 Å². The Morgan fingerprint density at radius 2 is 2.00 bits per heavy atom. The van der Waals surface area contributed by atoms with Gasteiger partial charge < -0.3 is 16.0 Å². The molecule has 96 valence electrons. The molecule has 1 fully saturated rings. The molecule has 0 saturated carbocycles. The fourth-order valence-electron chi connectivity index (χ4n) is 2.00. The van der Waals surface area contributed by atoms with E-state index in [-0.39, 0.29) is 5.91 Å². The number of nitrogens with one attached hydrogen (secondary N) is 1. The summed E-state index contributed by atoms with van der Waals surface area (Å²) in [5, 5.41) is 3.00. The average molecular weight is 247 g/mol. The number of benzene rings is 1. The first kappa shape index (κ1) is 12.6. The molecule has 1 heterocycles. The zero-order valence-electron chi connectivity index (χ0n) is 10.3. The van der Waals surface area contributed by atoms with Gasteiger partial charge in [0, 0.05) is 25.2 Å². The largest absolute Gasteiger partial charge is 0.368 e. The second kappa shape index (κ2) is 5.18. The van der Waals surface area contributed by atoms with Crippen molar-refractivity contribution in [3.63, 3.8) is 0 Å². The third-order valence-electron chi connectivity index (χ3n) is 3.10. The smallest absolute Gasteiger partial charge is 0.253 e. The predicted octanol–water partition coefficient (Wildman–Crippen LogP) is -0.106. The summed E-state index contributed by atoms with van der Waals surface area (Å²) in [6.07, 6.45) is 0. The molecule has 1 aliphatic rings. The standard InChI is InChI=1S/C13H17N3O2/c1-9-2-4-10(5-3-9)13(18)16-7-6-15-11(8-16)12(14)17/h2-5,11,15H,6-8H2,1H3,(H2,14,17). The molecule has 18 heavy (non-hydrogen) atoms. The lowest BCUT2D eigenvalue weighted by Crippen LogP contribution is -2.57. The van der Waals surface area contributed by atoms with Crippen LogP contribution in [0.4, 0.5) is 0 Å². The van der Waals surface area contributed by atoms with E-state index in [2.05, 4.69) is 5.32 Å². The quantitative estimate of drug-likeness (QED) is 0.766. The molecule has 0 aromatic heterocycles. The van der Waals surface area contributed by atoms with Gasteiger partial charge in [-0.1, -0.05) is 17.7 Å². The topological polar surface area (TPSA) is 75.4 Å². The molecule has 0 aliphatic carbocycles. The molecule has 5 heteroatoms. The summed E-state index contributed by atoms with van der Waals surface area (Å²) in [6, 6.07) is 6.97. The number of primary amides is 1. The number of carbonyl (C=O) groups excluding carboxylic acids is 2. The number of aryl methyl sites for hydroxylation is 1. The molecule has 0 radical (unpaired) electrons. The molecule has 1 saturated heterocycles. The maximum atomic E-state index is 12.2. The molecular formula is C13H17N3O2. The van der Waals surface area contributed by atoms with Crippen LogP contribution >= 0.6 is 0 Å². The van der Waals surface area contributed by atoms with Crippen LogP contribution in [0.25, 0.3) is 0 Å². The molecule has 3 N–H and O–H groups in total. The SMILES string of the molecule is Cc1ccc(C(=O)N2CCNC(C(N)=O)C2)cc1. The molecule has 5 nitrogen and oxygen atoms in total. The lowest BCUT2D eigenvalue weighted by atomic mass is 10.1. The Morgan fingerprint density at radius 3 is 2.61 bits per heavy atom. The third kappa shape index (κ3) is 2.68. The molecule has 0 spiro atoms. The van der Waals surface area contributed by atoms with Gasteiger partial charge >= 0.3 is 0 Å². The number of hydrogen-bond donors (Lipinski definition) is 2. The summed E-state index contributed by atoms with van der Waals surface area (Å²) in [5.74, 6) is -0.473. The van der Waals surface area contributed by atoms with Crippen LogP contribution in [0, 0.1) is 6.92 Å². The van der Waals surface area contributed by atoms with Crippen LogP contribution in [-0.2, 0) is 4.79 Å². The van der Waals surface area contributed by atoms with Gasteiger partial charge in [-0.2, -0.15) is 0 Å². The molecule has 2 amide bonds. The highest BCUT2D eigenvalue weighted by molar-refractivity contribution is 5.95. The van der Waals surface area contributed by atoms with Crippen LogP contribution in [0.3, 0.4) is 0 Å². The number of rotatable bonds is 2. The minimum absolute atomic E-state index is 0.0530. The Balaban J connectivity index is 2.09. The van der Waals surface area contributed by atoms with E-state index in [9.17, 15) is 9.59 Å². The lowest BCUT2D eigenvalue weighted by molar-refractivity contribution is -0.120. The summed E-state index contributed by atoms with van der Waals surface area (Å²) < 4.78 is 0. The number of nitrogens with two attached hydrogens (primary N) is 1. The van der Waals surface area contributed by atoms with Crippen molar-refractivity contribution in [2.75, 3.05) is 19.6 Å². The molecule has 1 atom stereocenters. The van der Waals surface area contributed by atoms with Gasteiger partial charge in [-0.05, 0) is 19.1 Å². The maximum Gasteiger partial charge on any atom is 0.253 e. The van der Waals surface area contributed by atoms with Crippen LogP contribution in [-0.4, -0.2) is 42.4 Å². The monoisotopic (exact) mass is 247 g/mol. The second-order valence-corrected chi connectivity index (χ2v) is 4.53. The van der Waals surface area contributed by atoms with Crippen LogP contribution in [0.5, 0.6) is 0 Å². The molecule has 1 aromatic rings. The van der Waals surface area contributed by atoms with Gasteiger partial charge in [0.25, 0.3) is 5.91 Å². The highest BCUT2D eigenvalue weighted by Crippen LogP contribution is 2.09. The fourth-order valence-corrected chi connectivity index (χ4v) is 2.00. The average Bonchev–Trinajstić information content (AvgIpc) is 2.39. The van der Waals surface area contributed by atoms with Crippen LogP contribution in [0.2, 0.25) is 0 Å². The van der Waals surface area contributed by atoms with Gasteiger partial charge in [0.1, 0.15) is 6.04 Å². The summed E-state index contributed by atoms with van der Waals surface area (Å²) >= 11 is 0. The lowest BCUT2D eigenvalue weighted by Gasteiger charge is -2.32. The van der Waals surface area contributed by atoms with Crippen molar-refractivity contribution in [3.05, 3.63) is 35.4 Å². The van der Waals surface area contributed by atoms with Gasteiger partial charge in [0.2, 0.25) is 5.91 Å². The molecule has 1 aliphatic heterocycles. The Labute approximate surface area is 106 Å². The van der Waals surface area contributed by atoms with E-state index in [0.29, 0.717) is 25.2 Å². The van der Waals surface area contributed by atoms with Crippen molar-refractivity contribution in [2.45, 2.75) is 13.0 Å². The molecule has 0 bridgehead atoms. The molecular weight excluding hydrogens is 230 g/mol. The minimum atomic E-state index is -0.451. The van der Waals surface area contributed by atoms with E-state index in [4.69, 9.17) is 5.73 Å². The van der Waals surface area contributed by atoms with Crippen molar-refractivity contribution in [3.8, 4) is 0 Å². The van der Waals surface area contributed by atoms with E-state index >= 15 is 0 Å². The highest BCUT2D eigenvalue weighted by atomic mass is 16.2. The molecule has 1 unspecified atom stereocenters. The van der Waals surface area contributed by atoms with E-state index in [1.54, 1.807) is 17.0 Å². The summed E-state index contributed by atoms with van der Waals surface area (Å²) in [5.41, 5.74) is 7.01. The van der Waals surface area contributed by atoms with Crippen molar-refractivity contribution in [1.29, 1.82) is 0 Å². The van der Waals surface area contributed by atoms with Crippen molar-refractivity contribution >= 4 is 11.8 Å². The van der Waals surface area contributed by atoms with Crippen LogP contribution in [0.15, 0.2) is 24.3 Å². The summed E-state index contributed by atoms with van der Waals surface area (Å²) in [7, 11) is 0. The Bertz CT molecular complexity index is 456. The van der Waals surface area contributed by atoms with Gasteiger partial charge in [0.15, 0.2) is 0 Å². The van der Waals surface area contributed by atoms with E-state index in [0.717, 1.165) is 5.56 Å². The number of nitrogens with zero attached hydrogens (tertiary/aromatic N) is 1. The van der Waals surface area contributed by atoms with Gasteiger partial charge in [-0.15, -0.1) is 0 Å². The van der Waals surface area contributed by atoms with Gasteiger partial charge in [-0.3, -0.25) is 9.59 Å². The van der Waals surface area contributed by atoms with Crippen molar-refractivity contribution in [1.82, 2.24) is 10.2 Å². The van der Waals surface area contributed by atoms with Gasteiger partial charge in [0.05, 0.1) is 0 Å². The normalized spacial score (nSPS) is 19.6. The summed E-state index contributed by atoms with van der Waals surface area (Å²) in [4.78, 5) is 25.0. The summed E-state index contributed by atoms with van der Waals surface area (Å²) in [6.45, 7) is 3.49. The molecule has 2 rings (SSSR count). The maximum absolute atomic E-state index is 12.2. The number of amides is 2. The Kier molecular flexibility index (Phi) is 3.62. The number of carbonyl (C=O) groups is 2. The Hall–Kier alpha value is -1.88. The second-order valence-electron chi connectivity index (χ2n) is 4.53. The minimum Gasteiger partial charge on any atom is -0.368 e. The first-order valence-electron chi connectivity index (χ1n) is 5.96. The number of piperazine rings is 1. The third-order valence-corrected chi connectivity index (χ3v) is 3.10. The predicted molar refractivity (Wildman–Crippen MR) is 68.1 cm³/mol. The first-order valence-corrected chi connectivity index (χ1v) is 5.96. The number of hydrogen-bond acceptors (Lipinski definition) is 3.